The lowest BCUT2D eigenvalue weighted by Gasteiger charge is -2.11. The fourth-order valence-corrected chi connectivity index (χ4v) is 1.60. The number of rotatable bonds is 4. The van der Waals surface area contributed by atoms with Gasteiger partial charge in [0.05, 0.1) is 0 Å². The van der Waals surface area contributed by atoms with Crippen molar-refractivity contribution in [2.75, 3.05) is 6.54 Å². The van der Waals surface area contributed by atoms with E-state index in [-0.39, 0.29) is 17.8 Å². The molecule has 1 aliphatic rings. The second-order valence-corrected chi connectivity index (χ2v) is 4.22. The number of hydrogen-bond acceptors (Lipinski definition) is 2. The van der Waals surface area contributed by atoms with E-state index in [1.165, 1.54) is 24.3 Å². The number of hydrogen-bond donors (Lipinski definition) is 2. The highest BCUT2D eigenvalue weighted by atomic mass is 19.1. The minimum atomic E-state index is -0.341. The molecule has 4 heteroatoms. The molecular weight excluding hydrogens is 207 g/mol. The molecule has 3 nitrogen and oxygen atoms in total. The highest BCUT2D eigenvalue weighted by molar-refractivity contribution is 5.94. The second kappa shape index (κ2) is 4.61. The van der Waals surface area contributed by atoms with Crippen LogP contribution in [0.2, 0.25) is 0 Å². The van der Waals surface area contributed by atoms with Gasteiger partial charge in [0.25, 0.3) is 5.91 Å². The lowest BCUT2D eigenvalue weighted by atomic mass is 10.2. The molecule has 1 fully saturated rings. The maximum Gasteiger partial charge on any atom is 0.251 e. The van der Waals surface area contributed by atoms with E-state index in [1.54, 1.807) is 0 Å². The lowest BCUT2D eigenvalue weighted by Crippen LogP contribution is -2.38. The summed E-state index contributed by atoms with van der Waals surface area (Å²) in [6.45, 7) is 0.487. The van der Waals surface area contributed by atoms with E-state index in [0.29, 0.717) is 18.0 Å². The molecule has 0 bridgehead atoms. The Morgan fingerprint density at radius 1 is 1.44 bits per heavy atom. The van der Waals surface area contributed by atoms with Crippen LogP contribution in [0, 0.1) is 11.7 Å². The quantitative estimate of drug-likeness (QED) is 0.806. The summed E-state index contributed by atoms with van der Waals surface area (Å²) in [5.74, 6) is 0.0239. The Balaban J connectivity index is 1.85. The van der Waals surface area contributed by atoms with Crippen molar-refractivity contribution in [1.82, 2.24) is 5.32 Å². The van der Waals surface area contributed by atoms with Crippen molar-refractivity contribution in [1.29, 1.82) is 0 Å². The first kappa shape index (κ1) is 11.1. The Hall–Kier alpha value is -1.42. The Morgan fingerprint density at radius 3 is 2.62 bits per heavy atom. The SMILES string of the molecule is NC(CNC(=O)c1ccc(F)cc1)C1CC1. The van der Waals surface area contributed by atoms with Gasteiger partial charge in [-0.1, -0.05) is 0 Å². The van der Waals surface area contributed by atoms with Gasteiger partial charge in [-0.2, -0.15) is 0 Å². The third-order valence-corrected chi connectivity index (χ3v) is 2.83. The molecule has 1 unspecified atom stereocenters. The Bertz CT molecular complexity index is 373. The zero-order valence-corrected chi connectivity index (χ0v) is 8.95. The first-order chi connectivity index (χ1) is 7.66. The van der Waals surface area contributed by atoms with Crippen LogP contribution in [0.3, 0.4) is 0 Å². The summed E-state index contributed by atoms with van der Waals surface area (Å²) >= 11 is 0. The average molecular weight is 222 g/mol. The molecule has 16 heavy (non-hydrogen) atoms. The fourth-order valence-electron chi connectivity index (χ4n) is 1.60. The molecule has 0 aliphatic heterocycles. The number of carbonyl (C=O) groups excluding carboxylic acids is 1. The highest BCUT2D eigenvalue weighted by Crippen LogP contribution is 2.31. The summed E-state index contributed by atoms with van der Waals surface area (Å²) in [4.78, 5) is 11.6. The monoisotopic (exact) mass is 222 g/mol. The summed E-state index contributed by atoms with van der Waals surface area (Å²) < 4.78 is 12.6. The van der Waals surface area contributed by atoms with Crippen LogP contribution in [0.1, 0.15) is 23.2 Å². The van der Waals surface area contributed by atoms with Crippen LogP contribution >= 0.6 is 0 Å². The van der Waals surface area contributed by atoms with E-state index in [4.69, 9.17) is 5.73 Å². The Kier molecular flexibility index (Phi) is 3.19. The van der Waals surface area contributed by atoms with Crippen LogP contribution in [0.25, 0.3) is 0 Å². The maximum absolute atomic E-state index is 12.6. The van der Waals surface area contributed by atoms with Gasteiger partial charge in [-0.25, -0.2) is 4.39 Å². The van der Waals surface area contributed by atoms with Crippen LogP contribution < -0.4 is 11.1 Å². The van der Waals surface area contributed by atoms with Gasteiger partial charge in [0.1, 0.15) is 5.82 Å². The molecular formula is C12H15FN2O. The number of carbonyl (C=O) groups is 1. The van der Waals surface area contributed by atoms with E-state index in [2.05, 4.69) is 5.32 Å². The molecule has 0 aromatic heterocycles. The first-order valence-corrected chi connectivity index (χ1v) is 5.46. The van der Waals surface area contributed by atoms with Crippen LogP contribution in [-0.4, -0.2) is 18.5 Å². The van der Waals surface area contributed by atoms with Crippen molar-refractivity contribution >= 4 is 5.91 Å². The molecule has 1 aromatic carbocycles. The standard InChI is InChI=1S/C12H15FN2O/c13-10-5-3-9(4-6-10)12(16)15-7-11(14)8-1-2-8/h3-6,8,11H,1-2,7,14H2,(H,15,16). The molecule has 0 heterocycles. The molecule has 86 valence electrons. The maximum atomic E-state index is 12.6. The van der Waals surface area contributed by atoms with E-state index >= 15 is 0 Å². The molecule has 1 aliphatic carbocycles. The number of nitrogens with two attached hydrogens (primary N) is 1. The van der Waals surface area contributed by atoms with Gasteiger partial charge in [0.15, 0.2) is 0 Å². The molecule has 3 N–H and O–H groups in total. The lowest BCUT2D eigenvalue weighted by molar-refractivity contribution is 0.0950. The minimum absolute atomic E-state index is 0.0457. The van der Waals surface area contributed by atoms with Gasteiger partial charge in [-0.3, -0.25) is 4.79 Å². The summed E-state index contributed by atoms with van der Waals surface area (Å²) in [6, 6.07) is 5.52. The Morgan fingerprint density at radius 2 is 2.06 bits per heavy atom. The molecule has 1 amide bonds. The predicted octanol–water partition coefficient (Wildman–Crippen LogP) is 1.29. The summed E-state index contributed by atoms with van der Waals surface area (Å²) in [7, 11) is 0. The Labute approximate surface area is 93.8 Å². The third kappa shape index (κ3) is 2.79. The molecule has 0 saturated heterocycles. The molecule has 2 rings (SSSR count). The van der Waals surface area contributed by atoms with Crippen LogP contribution in [0.15, 0.2) is 24.3 Å². The molecule has 1 aromatic rings. The molecule has 1 saturated carbocycles. The zero-order chi connectivity index (χ0) is 11.5. The molecule has 0 spiro atoms. The second-order valence-electron chi connectivity index (χ2n) is 4.22. The number of benzene rings is 1. The van der Waals surface area contributed by atoms with Crippen LogP contribution in [0.5, 0.6) is 0 Å². The van der Waals surface area contributed by atoms with E-state index in [1.807, 2.05) is 0 Å². The smallest absolute Gasteiger partial charge is 0.251 e. The van der Waals surface area contributed by atoms with Crippen molar-refractivity contribution in [2.24, 2.45) is 11.7 Å². The highest BCUT2D eigenvalue weighted by Gasteiger charge is 2.28. The molecule has 1 atom stereocenters. The van der Waals surface area contributed by atoms with Gasteiger partial charge < -0.3 is 11.1 Å². The van der Waals surface area contributed by atoms with E-state index < -0.39 is 0 Å². The van der Waals surface area contributed by atoms with Gasteiger partial charge in [-0.05, 0) is 43.0 Å². The minimum Gasteiger partial charge on any atom is -0.350 e. The predicted molar refractivity (Wildman–Crippen MR) is 59.4 cm³/mol. The van der Waals surface area contributed by atoms with Crippen LogP contribution in [-0.2, 0) is 0 Å². The molecule has 0 radical (unpaired) electrons. The largest absolute Gasteiger partial charge is 0.350 e. The van der Waals surface area contributed by atoms with Gasteiger partial charge >= 0.3 is 0 Å². The normalized spacial score (nSPS) is 16.9. The first-order valence-electron chi connectivity index (χ1n) is 5.46. The fraction of sp³-hybridized carbons (Fsp3) is 0.417. The van der Waals surface area contributed by atoms with Crippen molar-refractivity contribution in [3.63, 3.8) is 0 Å². The van der Waals surface area contributed by atoms with Gasteiger partial charge in [0.2, 0.25) is 0 Å². The topological polar surface area (TPSA) is 55.1 Å². The third-order valence-electron chi connectivity index (χ3n) is 2.83. The van der Waals surface area contributed by atoms with Crippen molar-refractivity contribution in [2.45, 2.75) is 18.9 Å². The van der Waals surface area contributed by atoms with Crippen molar-refractivity contribution in [3.8, 4) is 0 Å². The van der Waals surface area contributed by atoms with Gasteiger partial charge in [0, 0.05) is 18.2 Å². The van der Waals surface area contributed by atoms with E-state index in [0.717, 1.165) is 12.8 Å². The average Bonchev–Trinajstić information content (AvgIpc) is 3.10. The summed E-state index contributed by atoms with van der Waals surface area (Å²) in [6.07, 6.45) is 2.32. The summed E-state index contributed by atoms with van der Waals surface area (Å²) in [5.41, 5.74) is 6.32. The van der Waals surface area contributed by atoms with Crippen molar-refractivity contribution < 1.29 is 9.18 Å². The van der Waals surface area contributed by atoms with Gasteiger partial charge in [-0.15, -0.1) is 0 Å². The summed E-state index contributed by atoms with van der Waals surface area (Å²) in [5, 5.41) is 2.75. The van der Waals surface area contributed by atoms with Crippen molar-refractivity contribution in [3.05, 3.63) is 35.6 Å². The number of amides is 1. The zero-order valence-electron chi connectivity index (χ0n) is 8.95. The van der Waals surface area contributed by atoms with E-state index in [9.17, 15) is 9.18 Å². The number of halogens is 1. The van der Waals surface area contributed by atoms with Crippen LogP contribution in [0.4, 0.5) is 4.39 Å². The number of nitrogens with one attached hydrogen (secondary N) is 1.